The molecule has 0 spiro atoms. The van der Waals surface area contributed by atoms with Gasteiger partial charge in [0.15, 0.2) is 14.1 Å². The van der Waals surface area contributed by atoms with E-state index >= 15 is 0 Å². The largest absolute Gasteiger partial charge is 0.411 e. The van der Waals surface area contributed by atoms with E-state index in [4.69, 9.17) is 27.2 Å². The van der Waals surface area contributed by atoms with Crippen LogP contribution in [0.2, 0.25) is 18.1 Å². The van der Waals surface area contributed by atoms with Crippen LogP contribution in [-0.4, -0.2) is 37.8 Å². The van der Waals surface area contributed by atoms with Gasteiger partial charge in [0.25, 0.3) is 0 Å². The van der Waals surface area contributed by atoms with Crippen LogP contribution in [0, 0.1) is 12.3 Å². The Labute approximate surface area is 165 Å². The van der Waals surface area contributed by atoms with E-state index in [1.54, 1.807) is 12.2 Å². The summed E-state index contributed by atoms with van der Waals surface area (Å²) in [6.07, 6.45) is 13.6. The Balaban J connectivity index is 2.92. The first-order valence-corrected chi connectivity index (χ1v) is 12.7. The minimum Gasteiger partial charge on any atom is -0.411 e. The molecule has 0 N–H and O–H groups in total. The minimum absolute atomic E-state index is 0.0836. The van der Waals surface area contributed by atoms with E-state index < -0.39 is 8.32 Å². The van der Waals surface area contributed by atoms with Gasteiger partial charge in [-0.1, -0.05) is 39.7 Å². The first kappa shape index (κ1) is 23.2. The first-order chi connectivity index (χ1) is 12.0. The zero-order chi connectivity index (χ0) is 20.0. The zero-order valence-corrected chi connectivity index (χ0v) is 18.7. The molecule has 1 aliphatic rings. The van der Waals surface area contributed by atoms with Gasteiger partial charge in [-0.15, -0.1) is 18.0 Å². The van der Waals surface area contributed by atoms with E-state index in [0.717, 1.165) is 6.42 Å². The van der Waals surface area contributed by atoms with Gasteiger partial charge in [-0.2, -0.15) is 0 Å². The molecular formula is C21H33ClO3Si. The number of allylic oxidation sites excluding steroid dienone is 3. The smallest absolute Gasteiger partial charge is 0.192 e. The van der Waals surface area contributed by atoms with Gasteiger partial charge in [0.05, 0.1) is 17.6 Å². The number of terminal acetylenes is 1. The van der Waals surface area contributed by atoms with Gasteiger partial charge >= 0.3 is 0 Å². The minimum atomic E-state index is -1.95. The van der Waals surface area contributed by atoms with Crippen molar-refractivity contribution in [3.8, 4) is 12.3 Å². The Kier molecular flexibility index (Phi) is 8.82. The molecule has 0 aliphatic carbocycles. The fourth-order valence-corrected chi connectivity index (χ4v) is 4.12. The van der Waals surface area contributed by atoms with Crippen LogP contribution in [0.3, 0.4) is 0 Å². The number of alkyl halides is 1. The maximum absolute atomic E-state index is 11.7. The van der Waals surface area contributed by atoms with Gasteiger partial charge in [0.2, 0.25) is 0 Å². The van der Waals surface area contributed by atoms with E-state index in [9.17, 15) is 4.79 Å². The van der Waals surface area contributed by atoms with Crippen LogP contribution in [0.15, 0.2) is 24.3 Å². The number of carbonyl (C=O) groups is 1. The molecule has 1 fully saturated rings. The van der Waals surface area contributed by atoms with E-state index in [0.29, 0.717) is 12.8 Å². The predicted octanol–water partition coefficient (Wildman–Crippen LogP) is 5.26. The Morgan fingerprint density at radius 1 is 1.46 bits per heavy atom. The lowest BCUT2D eigenvalue weighted by Crippen LogP contribution is -2.45. The van der Waals surface area contributed by atoms with Crippen molar-refractivity contribution in [3.63, 3.8) is 0 Å². The second-order valence-electron chi connectivity index (χ2n) is 8.29. The second kappa shape index (κ2) is 9.89. The molecule has 1 aliphatic heterocycles. The molecule has 146 valence electrons. The summed E-state index contributed by atoms with van der Waals surface area (Å²) in [5.41, 5.74) is 0. The van der Waals surface area contributed by atoms with Gasteiger partial charge < -0.3 is 9.16 Å². The lowest BCUT2D eigenvalue weighted by molar-refractivity contribution is -0.114. The average molecular weight is 397 g/mol. The van der Waals surface area contributed by atoms with Crippen molar-refractivity contribution in [2.24, 2.45) is 0 Å². The van der Waals surface area contributed by atoms with Crippen LogP contribution in [0.4, 0.5) is 0 Å². The van der Waals surface area contributed by atoms with Crippen LogP contribution in [0.5, 0.6) is 0 Å². The molecule has 0 amide bonds. The summed E-state index contributed by atoms with van der Waals surface area (Å²) in [6, 6.07) is 0. The van der Waals surface area contributed by atoms with Gasteiger partial charge in [-0.3, -0.25) is 4.79 Å². The number of ketones is 1. The van der Waals surface area contributed by atoms with Crippen LogP contribution >= 0.6 is 11.6 Å². The maximum atomic E-state index is 11.7. The van der Waals surface area contributed by atoms with Crippen LogP contribution in [0.1, 0.15) is 47.0 Å². The highest BCUT2D eigenvalue weighted by Gasteiger charge is 2.45. The number of halogens is 1. The van der Waals surface area contributed by atoms with Crippen LogP contribution < -0.4 is 0 Å². The van der Waals surface area contributed by atoms with Crippen molar-refractivity contribution in [3.05, 3.63) is 24.3 Å². The number of hydrogen-bond acceptors (Lipinski definition) is 3. The third kappa shape index (κ3) is 6.70. The number of carbonyl (C=O) groups excluding carboxylic acids is 1. The second-order valence-corrected chi connectivity index (χ2v) is 13.6. The summed E-state index contributed by atoms with van der Waals surface area (Å²) in [5, 5.41) is -0.0699. The predicted molar refractivity (Wildman–Crippen MR) is 112 cm³/mol. The van der Waals surface area contributed by atoms with Crippen molar-refractivity contribution >= 4 is 25.7 Å². The standard InChI is InChI=1S/C21H33ClO3Si/c1-8-10-11-12-17(22)19-15-20(25-26(6,7)21(3,4)5)18(24-19)14-13-16(23)9-2/h1,10-11,13-14,17-20H,9,12,15H2,2-7H3/b11-10-,14-13-/t17-,18+,19-,20-/m0/s1. The Morgan fingerprint density at radius 3 is 2.65 bits per heavy atom. The topological polar surface area (TPSA) is 35.5 Å². The monoisotopic (exact) mass is 396 g/mol. The van der Waals surface area contributed by atoms with Crippen molar-refractivity contribution < 1.29 is 14.0 Å². The molecule has 0 radical (unpaired) electrons. The molecule has 0 aromatic carbocycles. The number of rotatable bonds is 8. The molecule has 26 heavy (non-hydrogen) atoms. The molecule has 5 heteroatoms. The highest BCUT2D eigenvalue weighted by Crippen LogP contribution is 2.40. The van der Waals surface area contributed by atoms with Crippen LogP contribution in [0.25, 0.3) is 0 Å². The van der Waals surface area contributed by atoms with Crippen molar-refractivity contribution in [2.45, 2.75) is 88.8 Å². The summed E-state index contributed by atoms with van der Waals surface area (Å²) in [7, 11) is -1.95. The SMILES string of the molecule is C#C/C=C\C[C@H](Cl)[C@@H]1C[C@H](O[Si](C)(C)C(C)(C)C)[C@@H](/C=C\C(=O)CC)O1. The van der Waals surface area contributed by atoms with Crippen molar-refractivity contribution in [2.75, 3.05) is 0 Å². The summed E-state index contributed by atoms with van der Waals surface area (Å²) in [4.78, 5) is 11.7. The molecule has 0 aromatic heterocycles. The molecular weight excluding hydrogens is 364 g/mol. The number of ether oxygens (including phenoxy) is 1. The number of hydrogen-bond donors (Lipinski definition) is 0. The molecule has 1 heterocycles. The molecule has 1 rings (SSSR count). The maximum Gasteiger partial charge on any atom is 0.192 e. The highest BCUT2D eigenvalue weighted by molar-refractivity contribution is 6.74. The third-order valence-corrected chi connectivity index (χ3v) is 10.2. The molecule has 0 bridgehead atoms. The zero-order valence-electron chi connectivity index (χ0n) is 16.9. The lowest BCUT2D eigenvalue weighted by atomic mass is 10.1. The quantitative estimate of drug-likeness (QED) is 0.243. The fourth-order valence-electron chi connectivity index (χ4n) is 2.52. The Bertz CT molecular complexity index is 569. The summed E-state index contributed by atoms with van der Waals surface area (Å²) >= 11 is 6.52. The van der Waals surface area contributed by atoms with Crippen molar-refractivity contribution in [1.29, 1.82) is 0 Å². The highest BCUT2D eigenvalue weighted by atomic mass is 35.5. The Morgan fingerprint density at radius 2 is 2.12 bits per heavy atom. The van der Waals surface area contributed by atoms with Gasteiger partial charge in [-0.25, -0.2) is 0 Å². The lowest BCUT2D eigenvalue weighted by Gasteiger charge is -2.39. The van der Waals surface area contributed by atoms with E-state index in [1.807, 2.05) is 19.1 Å². The van der Waals surface area contributed by atoms with E-state index in [2.05, 4.69) is 39.8 Å². The van der Waals surface area contributed by atoms with E-state index in [-0.39, 0.29) is 34.5 Å². The molecule has 0 saturated carbocycles. The Hall–Kier alpha value is -0.863. The fraction of sp³-hybridized carbons (Fsp3) is 0.667. The molecule has 3 nitrogen and oxygen atoms in total. The first-order valence-electron chi connectivity index (χ1n) is 9.31. The normalized spacial score (nSPS) is 25.7. The summed E-state index contributed by atoms with van der Waals surface area (Å²) < 4.78 is 12.8. The summed E-state index contributed by atoms with van der Waals surface area (Å²) in [6.45, 7) is 13.0. The molecule has 0 aromatic rings. The average Bonchev–Trinajstić information content (AvgIpc) is 2.94. The molecule has 1 saturated heterocycles. The van der Waals surface area contributed by atoms with Gasteiger partial charge in [-0.05, 0) is 42.8 Å². The van der Waals surface area contributed by atoms with Gasteiger partial charge in [0, 0.05) is 12.8 Å². The molecule has 0 unspecified atom stereocenters. The van der Waals surface area contributed by atoms with Crippen molar-refractivity contribution in [1.82, 2.24) is 0 Å². The summed E-state index contributed by atoms with van der Waals surface area (Å²) in [5.74, 6) is 2.56. The van der Waals surface area contributed by atoms with E-state index in [1.165, 1.54) is 0 Å². The molecule has 4 atom stereocenters. The van der Waals surface area contributed by atoms with Crippen LogP contribution in [-0.2, 0) is 14.0 Å². The van der Waals surface area contributed by atoms with Gasteiger partial charge in [0.1, 0.15) is 6.10 Å². The third-order valence-electron chi connectivity index (χ3n) is 5.21.